The first-order chi connectivity index (χ1) is 14.8. The third-order valence-corrected chi connectivity index (χ3v) is 5.01. The molecule has 0 saturated carbocycles. The Bertz CT molecular complexity index is 1300. The van der Waals surface area contributed by atoms with Crippen LogP contribution in [0.25, 0.3) is 33.1 Å². The molecule has 0 unspecified atom stereocenters. The summed E-state index contributed by atoms with van der Waals surface area (Å²) in [6.07, 6.45) is 7.67. The highest BCUT2D eigenvalue weighted by atomic mass is 16.3. The van der Waals surface area contributed by atoms with Gasteiger partial charge < -0.3 is 14.0 Å². The lowest BCUT2D eigenvalue weighted by Crippen LogP contribution is -2.28. The van der Waals surface area contributed by atoms with Crippen molar-refractivity contribution in [2.75, 3.05) is 4.81 Å². The van der Waals surface area contributed by atoms with Crippen molar-refractivity contribution in [1.82, 2.24) is 15.2 Å². The van der Waals surface area contributed by atoms with Gasteiger partial charge in [-0.1, -0.05) is 30.3 Å². The zero-order valence-electron chi connectivity index (χ0n) is 16.0. The number of anilines is 1. The van der Waals surface area contributed by atoms with Crippen molar-refractivity contribution in [3.05, 3.63) is 84.9 Å². The quantitative estimate of drug-likeness (QED) is 0.318. The number of carbonyl (C=O) groups is 1. The minimum absolute atomic E-state index is 0.516. The lowest BCUT2D eigenvalue weighted by atomic mass is 9.92. The van der Waals surface area contributed by atoms with Crippen LogP contribution in [-0.2, 0) is 11.3 Å². The predicted octanol–water partition coefficient (Wildman–Crippen LogP) is 4.25. The maximum Gasteiger partial charge on any atom is 0.329 e. The Morgan fingerprint density at radius 2 is 1.90 bits per heavy atom. The second-order valence-electron chi connectivity index (χ2n) is 6.90. The lowest BCUT2D eigenvalue weighted by Gasteiger charge is -2.21. The molecule has 0 saturated heterocycles. The number of fused-ring (bicyclic) bond motifs is 2. The van der Waals surface area contributed by atoms with E-state index < -0.39 is 0 Å². The molecule has 5 aromatic rings. The van der Waals surface area contributed by atoms with Gasteiger partial charge in [0.15, 0.2) is 0 Å². The fourth-order valence-electron chi connectivity index (χ4n) is 3.57. The standard InChI is InChI=1S/C23H16BN4O2/c29-15-24-28(19-7-8-26-27-12-19)14-16-5-6-18-11-25-13-21(20(18)9-16)23-10-17-3-1-2-4-22(17)30-23/h1-13,15H,14H2. The van der Waals surface area contributed by atoms with Gasteiger partial charge in [0.1, 0.15) is 17.5 Å². The third kappa shape index (κ3) is 3.41. The van der Waals surface area contributed by atoms with Gasteiger partial charge in [-0.15, -0.1) is 0 Å². The van der Waals surface area contributed by atoms with Gasteiger partial charge in [-0.05, 0) is 35.2 Å². The highest BCUT2D eigenvalue weighted by Crippen LogP contribution is 2.33. The summed E-state index contributed by atoms with van der Waals surface area (Å²) < 4.78 is 6.07. The second-order valence-corrected chi connectivity index (χ2v) is 6.90. The van der Waals surface area contributed by atoms with Gasteiger partial charge in [-0.25, -0.2) is 0 Å². The average molecular weight is 391 g/mol. The molecule has 0 fully saturated rings. The number of furan rings is 1. The summed E-state index contributed by atoms with van der Waals surface area (Å²) in [5.41, 5.74) is 3.62. The second kappa shape index (κ2) is 7.79. The molecule has 3 heterocycles. The Kier molecular flexibility index (Phi) is 4.69. The van der Waals surface area contributed by atoms with Crippen molar-refractivity contribution in [1.29, 1.82) is 0 Å². The summed E-state index contributed by atoms with van der Waals surface area (Å²) in [6.45, 7) is 0.516. The van der Waals surface area contributed by atoms with Gasteiger partial charge in [0.05, 0.1) is 12.4 Å². The predicted molar refractivity (Wildman–Crippen MR) is 118 cm³/mol. The van der Waals surface area contributed by atoms with Gasteiger partial charge in [0, 0.05) is 41.0 Å². The van der Waals surface area contributed by atoms with Gasteiger partial charge in [0.2, 0.25) is 0 Å². The molecule has 0 amide bonds. The Morgan fingerprint density at radius 1 is 0.967 bits per heavy atom. The van der Waals surface area contributed by atoms with Crippen LogP contribution in [0.2, 0.25) is 0 Å². The van der Waals surface area contributed by atoms with E-state index in [2.05, 4.69) is 21.2 Å². The molecule has 0 spiro atoms. The van der Waals surface area contributed by atoms with E-state index in [0.717, 1.165) is 50.5 Å². The number of rotatable bonds is 6. The van der Waals surface area contributed by atoms with Crippen molar-refractivity contribution in [3.63, 3.8) is 0 Å². The van der Waals surface area contributed by atoms with E-state index in [1.807, 2.05) is 65.7 Å². The highest BCUT2D eigenvalue weighted by Gasteiger charge is 2.13. The molecule has 0 N–H and O–H groups in total. The van der Waals surface area contributed by atoms with E-state index in [1.165, 1.54) is 7.41 Å². The van der Waals surface area contributed by atoms with E-state index >= 15 is 0 Å². The first-order valence-corrected chi connectivity index (χ1v) is 9.49. The Morgan fingerprint density at radius 3 is 2.73 bits per heavy atom. The molecule has 7 heteroatoms. The topological polar surface area (TPSA) is 72.1 Å². The molecule has 5 rings (SSSR count). The number of hydrogen-bond acceptors (Lipinski definition) is 6. The fraction of sp³-hybridized carbons (Fsp3) is 0.0435. The van der Waals surface area contributed by atoms with Crippen molar-refractivity contribution < 1.29 is 9.21 Å². The van der Waals surface area contributed by atoms with Gasteiger partial charge >= 0.3 is 7.41 Å². The molecule has 6 nitrogen and oxygen atoms in total. The number of nitrogens with zero attached hydrogens (tertiary/aromatic N) is 4. The number of para-hydroxylation sites is 1. The smallest absolute Gasteiger partial charge is 0.329 e. The summed E-state index contributed by atoms with van der Waals surface area (Å²) >= 11 is 0. The normalized spacial score (nSPS) is 10.9. The van der Waals surface area contributed by atoms with Crippen molar-refractivity contribution >= 4 is 41.0 Å². The zero-order valence-corrected chi connectivity index (χ0v) is 16.0. The number of carbonyl (C=O) groups excluding carboxylic acids is 1. The number of aromatic nitrogens is 3. The first-order valence-electron chi connectivity index (χ1n) is 9.49. The monoisotopic (exact) mass is 391 g/mol. The van der Waals surface area contributed by atoms with E-state index in [9.17, 15) is 4.79 Å². The van der Waals surface area contributed by atoms with Crippen molar-refractivity contribution in [2.45, 2.75) is 6.54 Å². The van der Waals surface area contributed by atoms with E-state index in [4.69, 9.17) is 4.42 Å². The Labute approximate surface area is 173 Å². The number of pyridine rings is 1. The van der Waals surface area contributed by atoms with Crippen LogP contribution < -0.4 is 4.81 Å². The summed E-state index contributed by atoms with van der Waals surface area (Å²) in [4.78, 5) is 17.4. The molecule has 2 aromatic carbocycles. The zero-order chi connectivity index (χ0) is 20.3. The first kappa shape index (κ1) is 18.1. The minimum Gasteiger partial charge on any atom is -0.456 e. The number of hydrogen-bond donors (Lipinski definition) is 0. The molecule has 0 aliphatic carbocycles. The molecule has 0 bridgehead atoms. The molecule has 1 radical (unpaired) electrons. The van der Waals surface area contributed by atoms with E-state index in [0.29, 0.717) is 6.54 Å². The summed E-state index contributed by atoms with van der Waals surface area (Å²) in [5.74, 6) is 0.779. The molecule has 0 aliphatic heterocycles. The Balaban J connectivity index is 1.56. The molecule has 30 heavy (non-hydrogen) atoms. The van der Waals surface area contributed by atoms with Crippen molar-refractivity contribution in [3.8, 4) is 11.3 Å². The molecule has 0 aliphatic rings. The fourth-order valence-corrected chi connectivity index (χ4v) is 3.57. The van der Waals surface area contributed by atoms with Crippen LogP contribution in [0.5, 0.6) is 0 Å². The third-order valence-electron chi connectivity index (χ3n) is 5.01. The van der Waals surface area contributed by atoms with Gasteiger partial charge in [-0.2, -0.15) is 10.2 Å². The van der Waals surface area contributed by atoms with Crippen LogP contribution >= 0.6 is 0 Å². The molecule has 3 aromatic heterocycles. The highest BCUT2D eigenvalue weighted by molar-refractivity contribution is 6.70. The lowest BCUT2D eigenvalue weighted by molar-refractivity contribution is 0.568. The SMILES string of the molecule is O=C[B]N(Cc1ccc2cncc(-c3cc4ccccc4o3)c2c1)c1ccnnc1. The number of benzene rings is 2. The van der Waals surface area contributed by atoms with E-state index in [-0.39, 0.29) is 0 Å². The minimum atomic E-state index is 0.516. The summed E-state index contributed by atoms with van der Waals surface area (Å²) in [7, 11) is 1.49. The molecular weight excluding hydrogens is 375 g/mol. The molecular formula is C23H16BN4O2. The van der Waals surface area contributed by atoms with E-state index in [1.54, 1.807) is 12.4 Å². The van der Waals surface area contributed by atoms with Gasteiger partial charge in [-0.3, -0.25) is 4.98 Å². The van der Waals surface area contributed by atoms with Crippen LogP contribution in [0.3, 0.4) is 0 Å². The molecule has 0 atom stereocenters. The summed E-state index contributed by atoms with van der Waals surface area (Å²) in [5, 5.41) is 10.8. The summed E-state index contributed by atoms with van der Waals surface area (Å²) in [6, 6.07) is 18.0. The largest absolute Gasteiger partial charge is 0.456 e. The van der Waals surface area contributed by atoms with Gasteiger partial charge in [0.25, 0.3) is 0 Å². The maximum atomic E-state index is 11.2. The van der Waals surface area contributed by atoms with Crippen LogP contribution in [0, 0.1) is 0 Å². The molecule has 143 valence electrons. The average Bonchev–Trinajstić information content (AvgIpc) is 3.23. The van der Waals surface area contributed by atoms with Crippen LogP contribution in [-0.4, -0.2) is 28.8 Å². The maximum absolute atomic E-state index is 11.2. The van der Waals surface area contributed by atoms with Crippen LogP contribution in [0.15, 0.2) is 83.8 Å². The van der Waals surface area contributed by atoms with Crippen LogP contribution in [0.1, 0.15) is 5.56 Å². The van der Waals surface area contributed by atoms with Crippen LogP contribution in [0.4, 0.5) is 5.69 Å². The Hall–Kier alpha value is -4.00. The van der Waals surface area contributed by atoms with Crippen molar-refractivity contribution in [2.24, 2.45) is 0 Å².